The minimum atomic E-state index is 0.562. The number of pyridine rings is 1. The van der Waals surface area contributed by atoms with Gasteiger partial charge in [-0.2, -0.15) is 0 Å². The molecule has 0 saturated heterocycles. The van der Waals surface area contributed by atoms with E-state index in [1.54, 1.807) is 0 Å². The van der Waals surface area contributed by atoms with E-state index in [2.05, 4.69) is 42.4 Å². The topological polar surface area (TPSA) is 24.9 Å². The molecule has 4 heteroatoms. The number of halogens is 1. The number of anilines is 1. The standard InChI is InChI=1S/C17H19ClN2S/c1-3-6-14-11(2)16-17(21-14)13(9-15(18)20-16)19-10-12-7-4-5-8-12/h4-5,7,9H,3,6,8,10H2,1-2H3,(H,19,20). The molecule has 0 atom stereocenters. The normalized spacial score (nSPS) is 14.0. The van der Waals surface area contributed by atoms with Crippen LogP contribution in [-0.2, 0) is 6.42 Å². The number of fused-ring (bicyclic) bond motifs is 1. The van der Waals surface area contributed by atoms with Crippen LogP contribution in [0.2, 0.25) is 5.15 Å². The first-order chi connectivity index (χ1) is 10.2. The number of thiophene rings is 1. The quantitative estimate of drug-likeness (QED) is 0.735. The van der Waals surface area contributed by atoms with E-state index in [4.69, 9.17) is 11.6 Å². The second-order valence-electron chi connectivity index (χ2n) is 5.38. The van der Waals surface area contributed by atoms with Crippen LogP contribution in [0.4, 0.5) is 5.69 Å². The van der Waals surface area contributed by atoms with Crippen molar-refractivity contribution in [2.75, 3.05) is 11.9 Å². The molecular weight excluding hydrogens is 300 g/mol. The number of allylic oxidation sites excluding steroid dienone is 3. The molecule has 21 heavy (non-hydrogen) atoms. The largest absolute Gasteiger partial charge is 0.380 e. The molecule has 0 radical (unpaired) electrons. The van der Waals surface area contributed by atoms with Gasteiger partial charge in [0.05, 0.1) is 15.9 Å². The molecule has 0 spiro atoms. The molecule has 0 unspecified atom stereocenters. The summed E-state index contributed by atoms with van der Waals surface area (Å²) in [5, 5.41) is 4.09. The first-order valence-electron chi connectivity index (χ1n) is 7.36. The van der Waals surface area contributed by atoms with Crippen molar-refractivity contribution in [2.24, 2.45) is 0 Å². The smallest absolute Gasteiger partial charge is 0.131 e. The van der Waals surface area contributed by atoms with Crippen molar-refractivity contribution in [3.63, 3.8) is 0 Å². The predicted molar refractivity (Wildman–Crippen MR) is 93.7 cm³/mol. The monoisotopic (exact) mass is 318 g/mol. The predicted octanol–water partition coefficient (Wildman–Crippen LogP) is 5.51. The molecule has 0 bridgehead atoms. The fraction of sp³-hybridized carbons (Fsp3) is 0.353. The second-order valence-corrected chi connectivity index (χ2v) is 6.87. The Labute approximate surface area is 134 Å². The number of rotatable bonds is 5. The summed E-state index contributed by atoms with van der Waals surface area (Å²) in [6, 6.07) is 1.94. The second kappa shape index (κ2) is 6.20. The molecule has 0 aromatic carbocycles. The Kier molecular flexibility index (Phi) is 4.32. The van der Waals surface area contributed by atoms with Crippen molar-refractivity contribution in [3.05, 3.63) is 45.5 Å². The zero-order valence-corrected chi connectivity index (χ0v) is 13.9. The van der Waals surface area contributed by atoms with Crippen LogP contribution in [0.3, 0.4) is 0 Å². The minimum absolute atomic E-state index is 0.562. The molecule has 1 N–H and O–H groups in total. The van der Waals surface area contributed by atoms with Crippen LogP contribution < -0.4 is 5.32 Å². The van der Waals surface area contributed by atoms with Gasteiger partial charge in [0.2, 0.25) is 0 Å². The molecule has 2 aromatic rings. The maximum Gasteiger partial charge on any atom is 0.131 e. The molecule has 110 valence electrons. The van der Waals surface area contributed by atoms with Gasteiger partial charge in [0, 0.05) is 17.5 Å². The van der Waals surface area contributed by atoms with Crippen LogP contribution in [0.25, 0.3) is 10.2 Å². The maximum atomic E-state index is 6.20. The maximum absolute atomic E-state index is 6.20. The summed E-state index contributed by atoms with van der Waals surface area (Å²) in [5.74, 6) is 0. The fourth-order valence-corrected chi connectivity index (χ4v) is 4.15. The Morgan fingerprint density at radius 1 is 1.43 bits per heavy atom. The Bertz CT molecular complexity index is 728. The van der Waals surface area contributed by atoms with E-state index < -0.39 is 0 Å². The number of hydrogen-bond donors (Lipinski definition) is 1. The number of hydrogen-bond acceptors (Lipinski definition) is 3. The van der Waals surface area contributed by atoms with Crippen molar-refractivity contribution in [2.45, 2.75) is 33.1 Å². The van der Waals surface area contributed by atoms with Gasteiger partial charge in [0.25, 0.3) is 0 Å². The Morgan fingerprint density at radius 3 is 3.00 bits per heavy atom. The lowest BCUT2D eigenvalue weighted by Crippen LogP contribution is -2.03. The Morgan fingerprint density at radius 2 is 2.29 bits per heavy atom. The number of aromatic nitrogens is 1. The first kappa shape index (κ1) is 14.6. The lowest BCUT2D eigenvalue weighted by molar-refractivity contribution is 0.933. The van der Waals surface area contributed by atoms with Crippen LogP contribution in [-0.4, -0.2) is 11.5 Å². The summed E-state index contributed by atoms with van der Waals surface area (Å²) in [4.78, 5) is 5.95. The Balaban J connectivity index is 1.94. The van der Waals surface area contributed by atoms with Gasteiger partial charge in [-0.25, -0.2) is 4.98 Å². The van der Waals surface area contributed by atoms with Gasteiger partial charge in [-0.1, -0.05) is 43.2 Å². The third-order valence-corrected chi connectivity index (χ3v) is 5.34. The summed E-state index contributed by atoms with van der Waals surface area (Å²) in [6.45, 7) is 5.23. The van der Waals surface area contributed by atoms with Gasteiger partial charge in [-0.15, -0.1) is 11.3 Å². The molecule has 2 heterocycles. The van der Waals surface area contributed by atoms with Crippen LogP contribution in [0.1, 0.15) is 30.2 Å². The van der Waals surface area contributed by atoms with E-state index in [0.29, 0.717) is 5.15 Å². The number of nitrogens with zero attached hydrogens (tertiary/aromatic N) is 1. The van der Waals surface area contributed by atoms with E-state index >= 15 is 0 Å². The van der Waals surface area contributed by atoms with Crippen molar-refractivity contribution in [3.8, 4) is 0 Å². The van der Waals surface area contributed by atoms with E-state index in [1.807, 2.05) is 17.4 Å². The summed E-state index contributed by atoms with van der Waals surface area (Å²) in [5.41, 5.74) is 4.84. The molecule has 0 aliphatic heterocycles. The van der Waals surface area contributed by atoms with E-state index in [1.165, 1.54) is 20.7 Å². The molecule has 0 saturated carbocycles. The SMILES string of the molecule is CCCc1sc2c(NCC3=CC=CC3)cc(Cl)nc2c1C. The van der Waals surface area contributed by atoms with Crippen molar-refractivity contribution < 1.29 is 0 Å². The molecule has 1 aliphatic carbocycles. The van der Waals surface area contributed by atoms with E-state index in [-0.39, 0.29) is 0 Å². The van der Waals surface area contributed by atoms with Crippen molar-refractivity contribution in [1.82, 2.24) is 4.98 Å². The van der Waals surface area contributed by atoms with Crippen molar-refractivity contribution in [1.29, 1.82) is 0 Å². The summed E-state index contributed by atoms with van der Waals surface area (Å²) in [7, 11) is 0. The van der Waals surface area contributed by atoms with Crippen molar-refractivity contribution >= 4 is 38.8 Å². The highest BCUT2D eigenvalue weighted by molar-refractivity contribution is 7.19. The van der Waals surface area contributed by atoms with Crippen LogP contribution >= 0.6 is 22.9 Å². The third kappa shape index (κ3) is 2.99. The zero-order valence-electron chi connectivity index (χ0n) is 12.4. The molecule has 1 aliphatic rings. The van der Waals surface area contributed by atoms with Crippen LogP contribution in [0.5, 0.6) is 0 Å². The Hall–Kier alpha value is -1.32. The van der Waals surface area contributed by atoms with Crippen LogP contribution in [0, 0.1) is 6.92 Å². The van der Waals surface area contributed by atoms with E-state index in [9.17, 15) is 0 Å². The average Bonchev–Trinajstić information content (AvgIpc) is 3.07. The van der Waals surface area contributed by atoms with Crippen LogP contribution in [0.15, 0.2) is 29.9 Å². The van der Waals surface area contributed by atoms with Gasteiger partial charge in [-0.3, -0.25) is 0 Å². The number of aryl methyl sites for hydroxylation is 2. The zero-order chi connectivity index (χ0) is 14.8. The fourth-order valence-electron chi connectivity index (χ4n) is 2.62. The summed E-state index contributed by atoms with van der Waals surface area (Å²) < 4.78 is 1.23. The summed E-state index contributed by atoms with van der Waals surface area (Å²) >= 11 is 8.05. The average molecular weight is 319 g/mol. The van der Waals surface area contributed by atoms with E-state index in [0.717, 1.165) is 37.0 Å². The van der Waals surface area contributed by atoms with Gasteiger partial charge in [-0.05, 0) is 30.9 Å². The number of nitrogens with one attached hydrogen (secondary N) is 1. The van der Waals surface area contributed by atoms with Gasteiger partial charge in [0.15, 0.2) is 0 Å². The highest BCUT2D eigenvalue weighted by Gasteiger charge is 2.14. The van der Waals surface area contributed by atoms with Gasteiger partial charge < -0.3 is 5.32 Å². The molecule has 0 fully saturated rings. The lowest BCUT2D eigenvalue weighted by Gasteiger charge is -2.08. The third-order valence-electron chi connectivity index (χ3n) is 3.77. The first-order valence-corrected chi connectivity index (χ1v) is 8.55. The minimum Gasteiger partial charge on any atom is -0.380 e. The molecular formula is C17H19ClN2S. The van der Waals surface area contributed by atoms with Gasteiger partial charge >= 0.3 is 0 Å². The summed E-state index contributed by atoms with van der Waals surface area (Å²) in [6.07, 6.45) is 9.78. The molecule has 0 amide bonds. The molecule has 3 rings (SSSR count). The highest BCUT2D eigenvalue weighted by atomic mass is 35.5. The molecule has 2 aromatic heterocycles. The highest BCUT2D eigenvalue weighted by Crippen LogP contribution is 2.37. The lowest BCUT2D eigenvalue weighted by atomic mass is 10.1. The molecule has 2 nitrogen and oxygen atoms in total. The van der Waals surface area contributed by atoms with Gasteiger partial charge in [0.1, 0.15) is 5.15 Å².